The van der Waals surface area contributed by atoms with Gasteiger partial charge in [0.15, 0.2) is 6.73 Å². The zero-order chi connectivity index (χ0) is 6.41. The van der Waals surface area contributed by atoms with Crippen LogP contribution in [-0.2, 0) is 9.68 Å². The van der Waals surface area contributed by atoms with Crippen molar-refractivity contribution in [1.82, 2.24) is 5.32 Å². The predicted molar refractivity (Wildman–Crippen MR) is 26.7 cm³/mol. The molecule has 0 atom stereocenters. The van der Waals surface area contributed by atoms with E-state index >= 15 is 0 Å². The number of rotatable bonds is 3. The summed E-state index contributed by atoms with van der Waals surface area (Å²) in [6, 6.07) is 0. The molecular formula is C4H8NO3. The average molecular weight is 118 g/mol. The van der Waals surface area contributed by atoms with E-state index in [9.17, 15) is 4.79 Å². The second-order valence-electron chi connectivity index (χ2n) is 1.12. The summed E-state index contributed by atoms with van der Waals surface area (Å²) < 4.78 is 0. The SMILES string of the molecule is [CH2]CC(=O)NCOO. The van der Waals surface area contributed by atoms with Gasteiger partial charge in [0.05, 0.1) is 0 Å². The maximum atomic E-state index is 10.2. The van der Waals surface area contributed by atoms with Crippen molar-refractivity contribution in [2.45, 2.75) is 6.42 Å². The fraction of sp³-hybridized carbons (Fsp3) is 0.500. The summed E-state index contributed by atoms with van der Waals surface area (Å²) in [5, 5.41) is 9.88. The van der Waals surface area contributed by atoms with Gasteiger partial charge in [-0.3, -0.25) is 4.79 Å². The number of nitrogens with one attached hydrogen (secondary N) is 1. The Morgan fingerprint density at radius 3 is 2.88 bits per heavy atom. The zero-order valence-electron chi connectivity index (χ0n) is 4.39. The fourth-order valence-corrected chi connectivity index (χ4v) is 0.201. The van der Waals surface area contributed by atoms with Crippen molar-refractivity contribution in [2.24, 2.45) is 0 Å². The van der Waals surface area contributed by atoms with Crippen molar-refractivity contribution in [1.29, 1.82) is 0 Å². The first-order valence-electron chi connectivity index (χ1n) is 2.13. The lowest BCUT2D eigenvalue weighted by atomic mass is 10.5. The summed E-state index contributed by atoms with van der Waals surface area (Å²) in [5.74, 6) is -0.251. The van der Waals surface area contributed by atoms with Gasteiger partial charge in [0.1, 0.15) is 0 Å². The Balaban J connectivity index is 2.99. The molecule has 0 bridgehead atoms. The van der Waals surface area contributed by atoms with Gasteiger partial charge in [-0.2, -0.15) is 0 Å². The molecule has 0 saturated heterocycles. The minimum Gasteiger partial charge on any atom is -0.331 e. The highest BCUT2D eigenvalue weighted by Crippen LogP contribution is 1.71. The first-order chi connectivity index (χ1) is 3.81. The molecule has 47 valence electrons. The van der Waals surface area contributed by atoms with E-state index in [2.05, 4.69) is 17.1 Å². The third kappa shape index (κ3) is 3.58. The number of carbonyl (C=O) groups excluding carboxylic acids is 1. The molecule has 0 aromatic rings. The lowest BCUT2D eigenvalue weighted by molar-refractivity contribution is -0.246. The second-order valence-corrected chi connectivity index (χ2v) is 1.12. The van der Waals surface area contributed by atoms with Crippen molar-refractivity contribution in [3.63, 3.8) is 0 Å². The van der Waals surface area contributed by atoms with Crippen molar-refractivity contribution in [2.75, 3.05) is 6.73 Å². The van der Waals surface area contributed by atoms with Crippen molar-refractivity contribution < 1.29 is 14.9 Å². The third-order valence-corrected chi connectivity index (χ3v) is 0.561. The Hall–Kier alpha value is -0.610. The highest BCUT2D eigenvalue weighted by atomic mass is 17.1. The molecule has 1 radical (unpaired) electrons. The van der Waals surface area contributed by atoms with Gasteiger partial charge in [-0.1, -0.05) is 0 Å². The molecule has 0 heterocycles. The molecule has 0 aliphatic rings. The largest absolute Gasteiger partial charge is 0.331 e. The van der Waals surface area contributed by atoms with E-state index in [4.69, 9.17) is 5.26 Å². The van der Waals surface area contributed by atoms with Crippen molar-refractivity contribution in [3.05, 3.63) is 6.92 Å². The summed E-state index contributed by atoms with van der Waals surface area (Å²) in [6.45, 7) is 3.12. The number of hydrogen-bond donors (Lipinski definition) is 2. The van der Waals surface area contributed by atoms with Crippen LogP contribution in [0.4, 0.5) is 0 Å². The van der Waals surface area contributed by atoms with Gasteiger partial charge in [-0.15, -0.1) is 0 Å². The lowest BCUT2D eigenvalue weighted by Gasteiger charge is -1.96. The first kappa shape index (κ1) is 7.39. The Bertz CT molecular complexity index is 73.7. The molecule has 0 unspecified atom stereocenters. The molecule has 0 aromatic carbocycles. The molecule has 0 aliphatic carbocycles. The summed E-state index contributed by atoms with van der Waals surface area (Å²) in [4.78, 5) is 13.8. The smallest absolute Gasteiger partial charge is 0.221 e. The third-order valence-electron chi connectivity index (χ3n) is 0.561. The summed E-state index contributed by atoms with van der Waals surface area (Å²) in [5.41, 5.74) is 0. The fourth-order valence-electron chi connectivity index (χ4n) is 0.201. The van der Waals surface area contributed by atoms with Crippen LogP contribution in [0.5, 0.6) is 0 Å². The Labute approximate surface area is 47.4 Å². The quantitative estimate of drug-likeness (QED) is 0.306. The van der Waals surface area contributed by atoms with Gasteiger partial charge < -0.3 is 5.32 Å². The van der Waals surface area contributed by atoms with Gasteiger partial charge in [0, 0.05) is 6.42 Å². The van der Waals surface area contributed by atoms with Crippen LogP contribution in [0.25, 0.3) is 0 Å². The molecule has 4 heteroatoms. The zero-order valence-corrected chi connectivity index (χ0v) is 4.39. The van der Waals surface area contributed by atoms with E-state index in [1.54, 1.807) is 0 Å². The first-order valence-corrected chi connectivity index (χ1v) is 2.13. The van der Waals surface area contributed by atoms with Crippen LogP contribution >= 0.6 is 0 Å². The minimum atomic E-state index is -0.251. The van der Waals surface area contributed by atoms with Crippen LogP contribution in [0.3, 0.4) is 0 Å². The van der Waals surface area contributed by atoms with Gasteiger partial charge in [0.25, 0.3) is 0 Å². The van der Waals surface area contributed by atoms with Crippen LogP contribution in [0, 0.1) is 6.92 Å². The van der Waals surface area contributed by atoms with Crippen LogP contribution in [-0.4, -0.2) is 17.9 Å². The standard InChI is InChI=1S/C4H8NO3/c1-2-4(6)5-3-8-7/h7H,1-3H2,(H,5,6). The van der Waals surface area contributed by atoms with Gasteiger partial charge >= 0.3 is 0 Å². The monoisotopic (exact) mass is 118 g/mol. The molecule has 8 heavy (non-hydrogen) atoms. The molecule has 0 saturated carbocycles. The van der Waals surface area contributed by atoms with Crippen molar-refractivity contribution >= 4 is 5.91 Å². The van der Waals surface area contributed by atoms with Crippen LogP contribution < -0.4 is 5.32 Å². The molecule has 0 spiro atoms. The highest BCUT2D eigenvalue weighted by molar-refractivity contribution is 5.76. The second kappa shape index (κ2) is 4.55. The molecule has 0 fully saturated rings. The van der Waals surface area contributed by atoms with E-state index in [-0.39, 0.29) is 19.1 Å². The Morgan fingerprint density at radius 1 is 1.88 bits per heavy atom. The molecule has 0 rings (SSSR count). The van der Waals surface area contributed by atoms with E-state index in [1.165, 1.54) is 0 Å². The summed E-state index contributed by atoms with van der Waals surface area (Å²) in [6.07, 6.45) is 0.156. The van der Waals surface area contributed by atoms with Crippen molar-refractivity contribution in [3.8, 4) is 0 Å². The molecule has 0 aromatic heterocycles. The topological polar surface area (TPSA) is 58.6 Å². The number of amides is 1. The Morgan fingerprint density at radius 2 is 2.50 bits per heavy atom. The van der Waals surface area contributed by atoms with Gasteiger partial charge in [0.2, 0.25) is 5.91 Å². The van der Waals surface area contributed by atoms with Crippen LogP contribution in [0.15, 0.2) is 0 Å². The molecular weight excluding hydrogens is 110 g/mol. The summed E-state index contributed by atoms with van der Waals surface area (Å²) >= 11 is 0. The van der Waals surface area contributed by atoms with Crippen LogP contribution in [0.2, 0.25) is 0 Å². The predicted octanol–water partition coefficient (Wildman–Crippen LogP) is -0.226. The van der Waals surface area contributed by atoms with E-state index in [0.29, 0.717) is 0 Å². The molecule has 1 amide bonds. The van der Waals surface area contributed by atoms with Crippen LogP contribution in [0.1, 0.15) is 6.42 Å². The van der Waals surface area contributed by atoms with Gasteiger partial charge in [-0.25, -0.2) is 10.1 Å². The average Bonchev–Trinajstić information content (AvgIpc) is 1.83. The summed E-state index contributed by atoms with van der Waals surface area (Å²) in [7, 11) is 0. The normalized spacial score (nSPS) is 8.75. The highest BCUT2D eigenvalue weighted by Gasteiger charge is 1.91. The maximum absolute atomic E-state index is 10.2. The van der Waals surface area contributed by atoms with E-state index < -0.39 is 0 Å². The maximum Gasteiger partial charge on any atom is 0.221 e. The van der Waals surface area contributed by atoms with E-state index in [1.807, 2.05) is 0 Å². The number of hydrogen-bond acceptors (Lipinski definition) is 3. The number of carbonyl (C=O) groups is 1. The molecule has 2 N–H and O–H groups in total. The van der Waals surface area contributed by atoms with Gasteiger partial charge in [-0.05, 0) is 6.92 Å². The van der Waals surface area contributed by atoms with E-state index in [0.717, 1.165) is 0 Å². The minimum absolute atomic E-state index is 0.156. The Kier molecular flexibility index (Phi) is 4.20. The lowest BCUT2D eigenvalue weighted by Crippen LogP contribution is -2.24. The molecule has 4 nitrogen and oxygen atoms in total. The molecule has 0 aliphatic heterocycles.